The molecule has 0 aromatic heterocycles. The van der Waals surface area contributed by atoms with E-state index in [4.69, 9.17) is 19.2 Å². The molecule has 1 aromatic carbocycles. The molecule has 0 spiro atoms. The van der Waals surface area contributed by atoms with Crippen LogP contribution in [0, 0.1) is 6.92 Å². The van der Waals surface area contributed by atoms with E-state index in [2.05, 4.69) is 57.5 Å². The first kappa shape index (κ1) is 26.6. The van der Waals surface area contributed by atoms with E-state index in [0.29, 0.717) is 12.6 Å². The second-order valence-electron chi connectivity index (χ2n) is 10.6. The molecular formula is C30H43N5O3. The molecule has 2 fully saturated rings. The zero-order chi connectivity index (χ0) is 26.5. The van der Waals surface area contributed by atoms with Gasteiger partial charge < -0.3 is 19.1 Å². The average molecular weight is 522 g/mol. The lowest BCUT2D eigenvalue weighted by Gasteiger charge is -2.42. The summed E-state index contributed by atoms with van der Waals surface area (Å²) in [5.74, 6) is 3.58. The van der Waals surface area contributed by atoms with Crippen LogP contribution in [0.5, 0.6) is 5.75 Å². The Balaban J connectivity index is 1.24. The molecule has 1 aromatic rings. The number of nitrogens with one attached hydrogen (secondary N) is 1. The summed E-state index contributed by atoms with van der Waals surface area (Å²) < 4.78 is 17.2. The van der Waals surface area contributed by atoms with Gasteiger partial charge in [-0.15, -0.1) is 0 Å². The fraction of sp³-hybridized carbons (Fsp3) is 0.567. The van der Waals surface area contributed by atoms with Crippen LogP contribution in [-0.2, 0) is 16.0 Å². The summed E-state index contributed by atoms with van der Waals surface area (Å²) in [4.78, 5) is 9.92. The second-order valence-corrected chi connectivity index (χ2v) is 10.6. The number of hydrazine groups is 1. The van der Waals surface area contributed by atoms with Crippen LogP contribution in [0.25, 0.3) is 0 Å². The number of benzene rings is 1. The van der Waals surface area contributed by atoms with Gasteiger partial charge in [0.05, 0.1) is 26.9 Å². The first-order valence-corrected chi connectivity index (χ1v) is 14.1. The van der Waals surface area contributed by atoms with E-state index in [9.17, 15) is 0 Å². The van der Waals surface area contributed by atoms with Gasteiger partial charge in [-0.3, -0.25) is 9.91 Å². The number of likely N-dealkylation sites (tertiary alicyclic amines) is 2. The van der Waals surface area contributed by atoms with Crippen LogP contribution < -0.4 is 10.2 Å². The van der Waals surface area contributed by atoms with Gasteiger partial charge in [0.15, 0.2) is 11.5 Å². The van der Waals surface area contributed by atoms with Gasteiger partial charge >= 0.3 is 0 Å². The Hall–Kier alpha value is -2.97. The van der Waals surface area contributed by atoms with Crippen molar-refractivity contribution in [3.05, 3.63) is 64.4 Å². The fourth-order valence-corrected chi connectivity index (χ4v) is 5.86. The summed E-state index contributed by atoms with van der Waals surface area (Å²) in [6, 6.07) is 7.00. The molecule has 1 atom stereocenters. The number of methoxy groups -OCH3 is 2. The molecule has 8 nitrogen and oxygen atoms in total. The highest BCUT2D eigenvalue weighted by Crippen LogP contribution is 2.33. The highest BCUT2D eigenvalue weighted by atomic mass is 16.5. The molecule has 4 aliphatic rings. The number of nitrogens with zero attached hydrogens (tertiary/aromatic N) is 4. The lowest BCUT2D eigenvalue weighted by Crippen LogP contribution is -2.54. The lowest BCUT2D eigenvalue weighted by molar-refractivity contribution is 0.142. The maximum atomic E-state index is 5.81. The fourth-order valence-electron chi connectivity index (χ4n) is 5.86. The Morgan fingerprint density at radius 2 is 1.76 bits per heavy atom. The summed E-state index contributed by atoms with van der Waals surface area (Å²) in [5.41, 5.74) is 7.47. The highest BCUT2D eigenvalue weighted by Gasteiger charge is 2.34. The Morgan fingerprint density at radius 1 is 1.00 bits per heavy atom. The van der Waals surface area contributed by atoms with E-state index >= 15 is 0 Å². The maximum Gasteiger partial charge on any atom is 0.160 e. The summed E-state index contributed by atoms with van der Waals surface area (Å²) in [5, 5.41) is 2.17. The van der Waals surface area contributed by atoms with Crippen molar-refractivity contribution in [3.63, 3.8) is 0 Å². The molecule has 8 heteroatoms. The largest absolute Gasteiger partial charge is 0.494 e. The second kappa shape index (κ2) is 12.3. The van der Waals surface area contributed by atoms with Crippen molar-refractivity contribution in [3.8, 4) is 5.75 Å². The minimum atomic E-state index is 0.0147. The summed E-state index contributed by atoms with van der Waals surface area (Å²) >= 11 is 0. The van der Waals surface area contributed by atoms with E-state index < -0.39 is 0 Å². The minimum absolute atomic E-state index is 0.0147. The third kappa shape index (κ3) is 5.86. The Kier molecular flexibility index (Phi) is 8.59. The number of hydrogen-bond acceptors (Lipinski definition) is 8. The van der Waals surface area contributed by atoms with Crippen LogP contribution in [0.1, 0.15) is 50.2 Å². The van der Waals surface area contributed by atoms with Crippen LogP contribution in [0.2, 0.25) is 0 Å². The van der Waals surface area contributed by atoms with E-state index in [1.54, 1.807) is 14.2 Å². The normalized spacial score (nSPS) is 22.7. The molecule has 0 saturated carbocycles. The highest BCUT2D eigenvalue weighted by molar-refractivity contribution is 5.64. The quantitative estimate of drug-likeness (QED) is 0.519. The molecule has 0 radical (unpaired) electrons. The molecule has 0 bridgehead atoms. The number of fused-ring (bicyclic) bond motifs is 1. The molecule has 3 aliphatic heterocycles. The number of ether oxygens (including phenoxy) is 3. The van der Waals surface area contributed by atoms with Gasteiger partial charge in [-0.25, -0.2) is 10.4 Å². The van der Waals surface area contributed by atoms with Gasteiger partial charge in [-0.2, -0.15) is 0 Å². The first-order valence-electron chi connectivity index (χ1n) is 14.1. The molecular weight excluding hydrogens is 478 g/mol. The zero-order valence-corrected chi connectivity index (χ0v) is 23.4. The SMILES string of the molecule is CCOc1cc(CN2CCC(NN3C=NC(N4CCCCC4)=C4C=C(OC)C(OC)=CC43)CC2)ccc1C. The minimum Gasteiger partial charge on any atom is -0.494 e. The molecule has 1 aliphatic carbocycles. The van der Waals surface area contributed by atoms with E-state index in [1.165, 1.54) is 36.0 Å². The number of aryl methyl sites for hydroxylation is 1. The van der Waals surface area contributed by atoms with E-state index in [-0.39, 0.29) is 6.04 Å². The smallest absolute Gasteiger partial charge is 0.160 e. The average Bonchev–Trinajstić information content (AvgIpc) is 2.96. The van der Waals surface area contributed by atoms with Crippen LogP contribution in [-0.4, -0.2) is 80.2 Å². The molecule has 0 amide bonds. The van der Waals surface area contributed by atoms with Crippen molar-refractivity contribution < 1.29 is 14.2 Å². The molecule has 2 saturated heterocycles. The summed E-state index contributed by atoms with van der Waals surface area (Å²) in [6.45, 7) is 10.0. The third-order valence-electron chi connectivity index (χ3n) is 7.99. The van der Waals surface area contributed by atoms with E-state index in [1.807, 2.05) is 13.3 Å². The molecule has 38 heavy (non-hydrogen) atoms. The van der Waals surface area contributed by atoms with Gasteiger partial charge in [0.25, 0.3) is 0 Å². The van der Waals surface area contributed by atoms with Crippen LogP contribution in [0.15, 0.2) is 58.3 Å². The number of aliphatic imine (C=N–C) groups is 1. The molecule has 3 heterocycles. The summed E-state index contributed by atoms with van der Waals surface area (Å²) in [7, 11) is 3.40. The topological polar surface area (TPSA) is 61.8 Å². The predicted molar refractivity (Wildman–Crippen MR) is 151 cm³/mol. The molecule has 206 valence electrons. The predicted octanol–water partition coefficient (Wildman–Crippen LogP) is 4.35. The van der Waals surface area contributed by atoms with Crippen LogP contribution in [0.3, 0.4) is 0 Å². The zero-order valence-electron chi connectivity index (χ0n) is 23.4. The van der Waals surface area contributed by atoms with Gasteiger partial charge in [-0.05, 0) is 75.3 Å². The van der Waals surface area contributed by atoms with Crippen molar-refractivity contribution in [2.24, 2.45) is 4.99 Å². The van der Waals surface area contributed by atoms with Crippen molar-refractivity contribution in [1.29, 1.82) is 0 Å². The summed E-state index contributed by atoms with van der Waals surface area (Å²) in [6.07, 6.45) is 12.1. The van der Waals surface area contributed by atoms with Crippen molar-refractivity contribution in [2.75, 3.05) is 47.0 Å². The number of hydrogen-bond donors (Lipinski definition) is 1. The Morgan fingerprint density at radius 3 is 2.47 bits per heavy atom. The van der Waals surface area contributed by atoms with Crippen LogP contribution >= 0.6 is 0 Å². The van der Waals surface area contributed by atoms with Crippen LogP contribution in [0.4, 0.5) is 0 Å². The Bertz CT molecular complexity index is 1100. The monoisotopic (exact) mass is 521 g/mol. The maximum absolute atomic E-state index is 5.81. The third-order valence-corrected chi connectivity index (χ3v) is 7.99. The van der Waals surface area contributed by atoms with Crippen molar-refractivity contribution in [1.82, 2.24) is 20.2 Å². The van der Waals surface area contributed by atoms with Gasteiger partial charge in [0.1, 0.15) is 17.9 Å². The lowest BCUT2D eigenvalue weighted by atomic mass is 9.97. The molecule has 1 unspecified atom stereocenters. The standard InChI is InChI=1S/C30H43N5O3/c1-5-38-27-17-23(10-9-22(27)2)20-33-15-11-24(12-16-33)32-35-21-31-30(34-13-7-6-8-14-34)25-18-28(36-3)29(37-4)19-26(25)35/h9-10,17-19,21,24,26,32H,5-8,11-16,20H2,1-4H3. The van der Waals surface area contributed by atoms with E-state index in [0.717, 1.165) is 68.7 Å². The number of rotatable bonds is 9. The molecule has 1 N–H and O–H groups in total. The van der Waals surface area contributed by atoms with Crippen molar-refractivity contribution in [2.45, 2.75) is 64.6 Å². The van der Waals surface area contributed by atoms with Crippen molar-refractivity contribution >= 4 is 6.34 Å². The molecule has 5 rings (SSSR count). The van der Waals surface area contributed by atoms with Gasteiger partial charge in [-0.1, -0.05) is 12.1 Å². The van der Waals surface area contributed by atoms with Gasteiger partial charge in [0, 0.05) is 44.3 Å². The Labute approximate surface area is 227 Å². The number of piperidine rings is 2. The van der Waals surface area contributed by atoms with Gasteiger partial charge in [0.2, 0.25) is 0 Å². The first-order chi connectivity index (χ1) is 18.6.